The molecule has 0 fully saturated rings. The van der Waals surface area contributed by atoms with Crippen molar-refractivity contribution in [2.45, 2.75) is 11.5 Å². The Balaban J connectivity index is 2.53. The molecule has 0 amide bonds. The molecule has 0 radical (unpaired) electrons. The summed E-state index contributed by atoms with van der Waals surface area (Å²) >= 11 is 5.87. The lowest BCUT2D eigenvalue weighted by Crippen LogP contribution is -2.14. The van der Waals surface area contributed by atoms with E-state index in [4.69, 9.17) is 16.3 Å². The Morgan fingerprint density at radius 3 is 2.80 bits per heavy atom. The summed E-state index contributed by atoms with van der Waals surface area (Å²) in [4.78, 5) is -0.155. The minimum absolute atomic E-state index is 0.0490. The monoisotopic (exact) mass is 317 g/mol. The average Bonchev–Trinajstić information content (AvgIpc) is 2.89. The van der Waals surface area contributed by atoms with Gasteiger partial charge in [-0.3, -0.25) is 9.82 Å². The number of halogens is 1. The maximum absolute atomic E-state index is 12.3. The van der Waals surface area contributed by atoms with Crippen molar-refractivity contribution >= 4 is 27.3 Å². The van der Waals surface area contributed by atoms with E-state index in [9.17, 15) is 13.5 Å². The molecule has 0 saturated carbocycles. The van der Waals surface area contributed by atoms with Crippen molar-refractivity contribution in [3.63, 3.8) is 0 Å². The Bertz CT molecular complexity index is 701. The highest BCUT2D eigenvalue weighted by atomic mass is 35.5. The number of sulfonamides is 1. The lowest BCUT2D eigenvalue weighted by molar-refractivity contribution is 0.272. The summed E-state index contributed by atoms with van der Waals surface area (Å²) < 4.78 is 32.0. The first-order valence-corrected chi connectivity index (χ1v) is 7.33. The van der Waals surface area contributed by atoms with E-state index in [0.717, 1.165) is 0 Å². The van der Waals surface area contributed by atoms with Crippen molar-refractivity contribution < 1.29 is 18.3 Å². The minimum atomic E-state index is -3.91. The summed E-state index contributed by atoms with van der Waals surface area (Å²) in [5.41, 5.74) is 0.560. The van der Waals surface area contributed by atoms with Gasteiger partial charge in [-0.05, 0) is 12.1 Å². The molecule has 1 aromatic carbocycles. The van der Waals surface area contributed by atoms with Crippen LogP contribution >= 0.6 is 11.6 Å². The zero-order valence-electron chi connectivity index (χ0n) is 10.4. The summed E-state index contributed by atoms with van der Waals surface area (Å²) in [7, 11) is -2.59. The summed E-state index contributed by atoms with van der Waals surface area (Å²) in [5.74, 6) is 0.0490. The third-order valence-corrected chi connectivity index (χ3v) is 4.12. The molecule has 20 heavy (non-hydrogen) atoms. The van der Waals surface area contributed by atoms with Crippen molar-refractivity contribution in [2.75, 3.05) is 11.8 Å². The highest BCUT2D eigenvalue weighted by Gasteiger charge is 2.23. The number of aromatic amines is 1. The van der Waals surface area contributed by atoms with Crippen LogP contribution in [0.25, 0.3) is 0 Å². The minimum Gasteiger partial charge on any atom is -0.495 e. The van der Waals surface area contributed by atoms with Crippen LogP contribution < -0.4 is 9.46 Å². The molecule has 0 saturated heterocycles. The fourth-order valence-electron chi connectivity index (χ4n) is 1.69. The molecule has 0 aliphatic carbocycles. The van der Waals surface area contributed by atoms with Crippen LogP contribution in [0.4, 0.5) is 5.69 Å². The molecule has 7 nitrogen and oxygen atoms in total. The van der Waals surface area contributed by atoms with Crippen molar-refractivity contribution in [3.05, 3.63) is 35.1 Å². The van der Waals surface area contributed by atoms with Gasteiger partial charge in [-0.1, -0.05) is 11.6 Å². The Kier molecular flexibility index (Phi) is 4.17. The average molecular weight is 318 g/mol. The summed E-state index contributed by atoms with van der Waals surface area (Å²) in [6.07, 6.45) is 2.71. The first-order chi connectivity index (χ1) is 9.47. The van der Waals surface area contributed by atoms with Crippen LogP contribution in [-0.4, -0.2) is 30.8 Å². The topological polar surface area (TPSA) is 104 Å². The number of aromatic nitrogens is 2. The van der Waals surface area contributed by atoms with E-state index in [1.807, 2.05) is 0 Å². The number of hydrogen-bond acceptors (Lipinski definition) is 5. The van der Waals surface area contributed by atoms with Gasteiger partial charge in [0.05, 0.1) is 25.6 Å². The number of nitrogens with zero attached hydrogens (tertiary/aromatic N) is 1. The van der Waals surface area contributed by atoms with Gasteiger partial charge in [-0.25, -0.2) is 8.42 Å². The van der Waals surface area contributed by atoms with Gasteiger partial charge in [-0.15, -0.1) is 0 Å². The Morgan fingerprint density at radius 2 is 2.25 bits per heavy atom. The molecule has 2 rings (SSSR count). The van der Waals surface area contributed by atoms with Gasteiger partial charge in [0.1, 0.15) is 10.6 Å². The molecule has 0 aliphatic heterocycles. The molecular formula is C11H12ClN3O4S. The van der Waals surface area contributed by atoms with Gasteiger partial charge in [-0.2, -0.15) is 5.10 Å². The predicted molar refractivity (Wildman–Crippen MR) is 73.3 cm³/mol. The fraction of sp³-hybridized carbons (Fsp3) is 0.182. The third-order valence-electron chi connectivity index (χ3n) is 2.51. The highest BCUT2D eigenvalue weighted by molar-refractivity contribution is 7.92. The van der Waals surface area contributed by atoms with Crippen LogP contribution in [0, 0.1) is 0 Å². The van der Waals surface area contributed by atoms with Crippen molar-refractivity contribution in [1.29, 1.82) is 0 Å². The number of aliphatic hydroxyl groups is 1. The number of ether oxygens (including phenoxy) is 1. The van der Waals surface area contributed by atoms with Crippen LogP contribution in [-0.2, 0) is 16.6 Å². The van der Waals surface area contributed by atoms with Gasteiger partial charge in [0, 0.05) is 16.8 Å². The number of H-pyrrole nitrogens is 1. The Morgan fingerprint density at radius 1 is 1.50 bits per heavy atom. The standard InChI is InChI=1S/C11H12ClN3O4S/c1-19-11-7(6-16)2-8(12)3-10(11)20(17,18)15-9-4-13-14-5-9/h2-5,15-16H,6H2,1H3,(H,13,14). The van der Waals surface area contributed by atoms with Crippen molar-refractivity contribution in [1.82, 2.24) is 10.2 Å². The molecule has 0 atom stereocenters. The van der Waals surface area contributed by atoms with Crippen LogP contribution in [0.3, 0.4) is 0 Å². The van der Waals surface area contributed by atoms with Gasteiger partial charge in [0.25, 0.3) is 10.0 Å². The predicted octanol–water partition coefficient (Wildman–Crippen LogP) is 1.36. The molecule has 0 unspecified atom stereocenters. The van der Waals surface area contributed by atoms with E-state index in [0.29, 0.717) is 0 Å². The number of hydrogen-bond donors (Lipinski definition) is 3. The molecule has 108 valence electrons. The van der Waals surface area contributed by atoms with E-state index >= 15 is 0 Å². The van der Waals surface area contributed by atoms with E-state index in [-0.39, 0.29) is 26.9 Å². The van der Waals surface area contributed by atoms with Crippen molar-refractivity contribution in [2.24, 2.45) is 0 Å². The normalized spacial score (nSPS) is 11.3. The van der Waals surface area contributed by atoms with Gasteiger partial charge in [0.2, 0.25) is 0 Å². The van der Waals surface area contributed by atoms with Crippen LogP contribution in [0.15, 0.2) is 29.4 Å². The number of anilines is 1. The van der Waals surface area contributed by atoms with E-state index in [2.05, 4.69) is 14.9 Å². The van der Waals surface area contributed by atoms with Crippen LogP contribution in [0.2, 0.25) is 5.02 Å². The first kappa shape index (κ1) is 14.6. The summed E-state index contributed by atoms with van der Waals surface area (Å²) in [6, 6.07) is 2.69. The Labute approximate surface area is 120 Å². The zero-order valence-corrected chi connectivity index (χ0v) is 12.0. The molecule has 1 heterocycles. The third kappa shape index (κ3) is 2.87. The van der Waals surface area contributed by atoms with E-state index in [1.54, 1.807) is 0 Å². The number of rotatable bonds is 5. The second-order valence-electron chi connectivity index (χ2n) is 3.85. The fourth-order valence-corrected chi connectivity index (χ4v) is 3.27. The zero-order chi connectivity index (χ0) is 14.8. The quantitative estimate of drug-likeness (QED) is 0.772. The van der Waals surface area contributed by atoms with Gasteiger partial charge >= 0.3 is 0 Å². The highest BCUT2D eigenvalue weighted by Crippen LogP contribution is 2.32. The van der Waals surface area contributed by atoms with Crippen LogP contribution in [0.1, 0.15) is 5.56 Å². The SMILES string of the molecule is COc1c(CO)cc(Cl)cc1S(=O)(=O)Nc1cn[nH]c1. The molecular weight excluding hydrogens is 306 g/mol. The Hall–Kier alpha value is -1.77. The maximum atomic E-state index is 12.3. The first-order valence-electron chi connectivity index (χ1n) is 5.47. The molecule has 1 aromatic heterocycles. The molecule has 3 N–H and O–H groups in total. The second-order valence-corrected chi connectivity index (χ2v) is 5.93. The number of nitrogens with one attached hydrogen (secondary N) is 2. The molecule has 0 bridgehead atoms. The number of methoxy groups -OCH3 is 1. The lowest BCUT2D eigenvalue weighted by atomic mass is 10.2. The second kappa shape index (κ2) is 5.70. The van der Waals surface area contributed by atoms with Gasteiger partial charge < -0.3 is 9.84 Å². The molecule has 0 spiro atoms. The van der Waals surface area contributed by atoms with Crippen molar-refractivity contribution in [3.8, 4) is 5.75 Å². The smallest absolute Gasteiger partial charge is 0.265 e. The van der Waals surface area contributed by atoms with Gasteiger partial charge in [0.15, 0.2) is 0 Å². The summed E-state index contributed by atoms with van der Waals surface area (Å²) in [5, 5.41) is 15.6. The summed E-state index contributed by atoms with van der Waals surface area (Å²) in [6.45, 7) is -0.391. The number of benzene rings is 1. The lowest BCUT2D eigenvalue weighted by Gasteiger charge is -2.14. The molecule has 2 aromatic rings. The van der Waals surface area contributed by atoms with E-state index in [1.165, 1.54) is 31.6 Å². The van der Waals surface area contributed by atoms with E-state index < -0.39 is 16.6 Å². The van der Waals surface area contributed by atoms with Crippen LogP contribution in [0.5, 0.6) is 5.75 Å². The number of aliphatic hydroxyl groups excluding tert-OH is 1. The largest absolute Gasteiger partial charge is 0.495 e. The molecule has 9 heteroatoms. The maximum Gasteiger partial charge on any atom is 0.265 e. The molecule has 0 aliphatic rings.